The average Bonchev–Trinajstić information content (AvgIpc) is 2.93. The molecule has 1 amide bonds. The molecule has 106 valence electrons. The van der Waals surface area contributed by atoms with Crippen LogP contribution in [0.3, 0.4) is 0 Å². The number of aryl methyl sites for hydroxylation is 2. The molecule has 21 heavy (non-hydrogen) atoms. The lowest BCUT2D eigenvalue weighted by atomic mass is 10.1. The summed E-state index contributed by atoms with van der Waals surface area (Å²) in [5, 5.41) is 8.15. The second-order valence-electron chi connectivity index (χ2n) is 5.00. The molecular weight excluding hydrogens is 262 g/mol. The zero-order valence-electron chi connectivity index (χ0n) is 12.1. The highest BCUT2D eigenvalue weighted by atomic mass is 16.2. The molecule has 0 aliphatic heterocycles. The first-order valence-electron chi connectivity index (χ1n) is 7.03. The second-order valence-corrected chi connectivity index (χ2v) is 5.00. The van der Waals surface area contributed by atoms with Crippen molar-refractivity contribution in [3.05, 3.63) is 59.8 Å². The number of nitrogens with zero attached hydrogens (tertiary/aromatic N) is 2. The minimum absolute atomic E-state index is 0.239. The largest absolute Gasteiger partial charge is 0.347 e. The Bertz CT molecular complexity index is 805. The van der Waals surface area contributed by atoms with Gasteiger partial charge in [-0.15, -0.1) is 0 Å². The molecule has 0 radical (unpaired) electrons. The van der Waals surface area contributed by atoms with E-state index in [0.717, 1.165) is 34.1 Å². The van der Waals surface area contributed by atoms with Crippen LogP contribution in [0, 0.1) is 6.92 Å². The van der Waals surface area contributed by atoms with Crippen LogP contribution in [0.1, 0.15) is 18.1 Å². The number of carbonyl (C=O) groups excluding carboxylic acids is 1. The molecular formula is C17H17N3O. The maximum atomic E-state index is 12.5. The molecule has 1 heterocycles. The number of rotatable bonds is 2. The summed E-state index contributed by atoms with van der Waals surface area (Å²) < 4.78 is 1.41. The highest BCUT2D eigenvalue weighted by Gasteiger charge is 2.12. The number of benzene rings is 2. The molecule has 3 rings (SSSR count). The Morgan fingerprint density at radius 3 is 2.81 bits per heavy atom. The number of aromatic nitrogens is 2. The summed E-state index contributed by atoms with van der Waals surface area (Å²) in [6.45, 7) is 4.08. The van der Waals surface area contributed by atoms with E-state index in [1.54, 1.807) is 6.20 Å². The van der Waals surface area contributed by atoms with E-state index >= 15 is 0 Å². The van der Waals surface area contributed by atoms with Crippen LogP contribution in [0.25, 0.3) is 10.9 Å². The van der Waals surface area contributed by atoms with Crippen LogP contribution < -0.4 is 5.32 Å². The van der Waals surface area contributed by atoms with Gasteiger partial charge in [0.25, 0.3) is 0 Å². The molecule has 0 atom stereocenters. The van der Waals surface area contributed by atoms with E-state index in [-0.39, 0.29) is 6.03 Å². The molecule has 2 aromatic carbocycles. The van der Waals surface area contributed by atoms with E-state index in [0.29, 0.717) is 0 Å². The van der Waals surface area contributed by atoms with Gasteiger partial charge in [-0.25, -0.2) is 4.79 Å². The van der Waals surface area contributed by atoms with Crippen molar-refractivity contribution in [2.45, 2.75) is 20.3 Å². The van der Waals surface area contributed by atoms with Crippen LogP contribution in [0.4, 0.5) is 10.5 Å². The van der Waals surface area contributed by atoms with Crippen molar-refractivity contribution in [2.24, 2.45) is 0 Å². The summed E-state index contributed by atoms with van der Waals surface area (Å²) in [5.74, 6) is 0. The molecule has 0 fully saturated rings. The Kier molecular flexibility index (Phi) is 3.44. The monoisotopic (exact) mass is 279 g/mol. The van der Waals surface area contributed by atoms with E-state index in [2.05, 4.69) is 17.3 Å². The summed E-state index contributed by atoms with van der Waals surface area (Å²) in [6.07, 6.45) is 2.60. The molecule has 0 unspecified atom stereocenters. The lowest BCUT2D eigenvalue weighted by Crippen LogP contribution is -2.21. The Balaban J connectivity index is 1.96. The third-order valence-electron chi connectivity index (χ3n) is 3.66. The Morgan fingerprint density at radius 1 is 1.19 bits per heavy atom. The smallest absolute Gasteiger partial charge is 0.306 e. The van der Waals surface area contributed by atoms with Crippen molar-refractivity contribution >= 4 is 22.6 Å². The highest BCUT2D eigenvalue weighted by molar-refractivity contribution is 5.98. The Labute approximate surface area is 123 Å². The number of para-hydroxylation sites is 1. The fraction of sp³-hybridized carbons (Fsp3) is 0.176. The summed E-state index contributed by atoms with van der Waals surface area (Å²) in [5.41, 5.74) is 3.88. The van der Waals surface area contributed by atoms with E-state index in [1.807, 2.05) is 49.4 Å². The SMILES string of the molecule is CCc1ccccc1NC(=O)n1ncc2c(C)cccc21. The number of fused-ring (bicyclic) bond motifs is 1. The number of hydrogen-bond acceptors (Lipinski definition) is 2. The lowest BCUT2D eigenvalue weighted by Gasteiger charge is -2.10. The quantitative estimate of drug-likeness (QED) is 0.771. The number of hydrogen-bond donors (Lipinski definition) is 1. The van der Waals surface area contributed by atoms with Crippen LogP contribution >= 0.6 is 0 Å². The predicted octanol–water partition coefficient (Wildman–Crippen LogP) is 3.99. The summed E-state index contributed by atoms with van der Waals surface area (Å²) >= 11 is 0. The fourth-order valence-corrected chi connectivity index (χ4v) is 2.48. The van der Waals surface area contributed by atoms with Crippen molar-refractivity contribution in [2.75, 3.05) is 5.32 Å². The maximum Gasteiger partial charge on any atom is 0.347 e. The van der Waals surface area contributed by atoms with Gasteiger partial charge < -0.3 is 5.32 Å². The summed E-state index contributed by atoms with van der Waals surface area (Å²) in [6, 6.07) is 13.4. The van der Waals surface area contributed by atoms with Crippen molar-refractivity contribution in [1.82, 2.24) is 9.78 Å². The molecule has 1 aromatic heterocycles. The van der Waals surface area contributed by atoms with Crippen molar-refractivity contribution in [1.29, 1.82) is 0 Å². The van der Waals surface area contributed by atoms with Gasteiger partial charge in [-0.3, -0.25) is 0 Å². The number of carbonyl (C=O) groups is 1. The molecule has 1 N–H and O–H groups in total. The van der Waals surface area contributed by atoms with Crippen molar-refractivity contribution < 1.29 is 4.79 Å². The van der Waals surface area contributed by atoms with Gasteiger partial charge in [-0.2, -0.15) is 9.78 Å². The molecule has 0 aliphatic carbocycles. The Morgan fingerprint density at radius 2 is 2.00 bits per heavy atom. The Hall–Kier alpha value is -2.62. The second kappa shape index (κ2) is 5.40. The van der Waals surface area contributed by atoms with Crippen molar-refractivity contribution in [3.8, 4) is 0 Å². The molecule has 0 spiro atoms. The first-order chi connectivity index (χ1) is 10.2. The average molecular weight is 279 g/mol. The molecule has 4 nitrogen and oxygen atoms in total. The minimum atomic E-state index is -0.239. The van der Waals surface area contributed by atoms with Gasteiger partial charge in [0, 0.05) is 11.1 Å². The maximum absolute atomic E-state index is 12.5. The molecule has 0 bridgehead atoms. The van der Waals surface area contributed by atoms with Crippen LogP contribution in [-0.4, -0.2) is 15.8 Å². The van der Waals surface area contributed by atoms with Crippen LogP contribution in [-0.2, 0) is 6.42 Å². The predicted molar refractivity (Wildman–Crippen MR) is 84.7 cm³/mol. The zero-order valence-corrected chi connectivity index (χ0v) is 12.1. The minimum Gasteiger partial charge on any atom is -0.306 e. The van der Waals surface area contributed by atoms with E-state index in [1.165, 1.54) is 4.68 Å². The van der Waals surface area contributed by atoms with Gasteiger partial charge in [0.2, 0.25) is 0 Å². The first-order valence-corrected chi connectivity index (χ1v) is 7.03. The summed E-state index contributed by atoms with van der Waals surface area (Å²) in [7, 11) is 0. The van der Waals surface area contributed by atoms with Gasteiger partial charge in [0.1, 0.15) is 0 Å². The van der Waals surface area contributed by atoms with Gasteiger partial charge in [-0.05, 0) is 36.6 Å². The molecule has 0 saturated carbocycles. The number of nitrogens with one attached hydrogen (secondary N) is 1. The van der Waals surface area contributed by atoms with Crippen LogP contribution in [0.15, 0.2) is 48.7 Å². The fourth-order valence-electron chi connectivity index (χ4n) is 2.48. The summed E-state index contributed by atoms with van der Waals surface area (Å²) in [4.78, 5) is 12.5. The normalized spacial score (nSPS) is 10.8. The highest BCUT2D eigenvalue weighted by Crippen LogP contribution is 2.19. The molecule has 0 saturated heterocycles. The van der Waals surface area contributed by atoms with Crippen LogP contribution in [0.2, 0.25) is 0 Å². The zero-order chi connectivity index (χ0) is 14.8. The lowest BCUT2D eigenvalue weighted by molar-refractivity contribution is 0.252. The van der Waals surface area contributed by atoms with Crippen molar-refractivity contribution in [3.63, 3.8) is 0 Å². The molecule has 4 heteroatoms. The third-order valence-corrected chi connectivity index (χ3v) is 3.66. The van der Waals surface area contributed by atoms with Gasteiger partial charge in [0.15, 0.2) is 0 Å². The number of amides is 1. The third kappa shape index (κ3) is 2.40. The van der Waals surface area contributed by atoms with E-state index in [9.17, 15) is 4.79 Å². The van der Waals surface area contributed by atoms with Gasteiger partial charge in [0.05, 0.1) is 11.7 Å². The topological polar surface area (TPSA) is 46.9 Å². The molecule has 0 aliphatic rings. The van der Waals surface area contributed by atoms with E-state index < -0.39 is 0 Å². The van der Waals surface area contributed by atoms with Crippen LogP contribution in [0.5, 0.6) is 0 Å². The van der Waals surface area contributed by atoms with Gasteiger partial charge >= 0.3 is 6.03 Å². The standard InChI is InChI=1S/C17H17N3O/c1-3-13-8-4-5-9-15(13)19-17(21)20-16-10-6-7-12(2)14(16)11-18-20/h4-11H,3H2,1-2H3,(H,19,21). The first kappa shape index (κ1) is 13.4. The molecule has 3 aromatic rings. The van der Waals surface area contributed by atoms with Gasteiger partial charge in [-0.1, -0.05) is 37.3 Å². The number of anilines is 1. The van der Waals surface area contributed by atoms with E-state index in [4.69, 9.17) is 0 Å².